The molecule has 2 rings (SSSR count). The van der Waals surface area contributed by atoms with Gasteiger partial charge in [-0.05, 0) is 31.0 Å². The summed E-state index contributed by atoms with van der Waals surface area (Å²) in [4.78, 5) is 10.2. The van der Waals surface area contributed by atoms with Crippen LogP contribution in [0.4, 0.5) is 0 Å². The lowest BCUT2D eigenvalue weighted by Gasteiger charge is -2.17. The fourth-order valence-electron chi connectivity index (χ4n) is 2.29. The average molecular weight is 302 g/mol. The van der Waals surface area contributed by atoms with Crippen molar-refractivity contribution in [3.63, 3.8) is 0 Å². The SMILES string of the molecule is CCCc1ccc(Oc2ccccc2C)c(OC)c1OOC. The number of methoxy groups -OCH3 is 1. The minimum Gasteiger partial charge on any atom is -0.490 e. The van der Waals surface area contributed by atoms with Gasteiger partial charge in [-0.15, -0.1) is 0 Å². The Balaban J connectivity index is 2.43. The Morgan fingerprint density at radius 3 is 2.32 bits per heavy atom. The molecular formula is C18H22O4. The summed E-state index contributed by atoms with van der Waals surface area (Å²) in [6, 6.07) is 11.7. The standard InChI is InChI=1S/C18H22O4/c1-5-8-14-11-12-16(18(19-3)17(14)22-20-4)21-15-10-7-6-9-13(15)2/h6-7,9-12H,5,8H2,1-4H3. The van der Waals surface area contributed by atoms with E-state index in [-0.39, 0.29) is 0 Å². The van der Waals surface area contributed by atoms with Gasteiger partial charge in [0.2, 0.25) is 11.5 Å². The van der Waals surface area contributed by atoms with E-state index in [1.54, 1.807) is 7.11 Å². The van der Waals surface area contributed by atoms with Crippen molar-refractivity contribution in [3.05, 3.63) is 47.5 Å². The number of para-hydroxylation sites is 1. The molecule has 0 radical (unpaired) electrons. The lowest BCUT2D eigenvalue weighted by molar-refractivity contribution is -0.179. The smallest absolute Gasteiger partial charge is 0.214 e. The summed E-state index contributed by atoms with van der Waals surface area (Å²) in [7, 11) is 3.07. The lowest BCUT2D eigenvalue weighted by atomic mass is 10.1. The van der Waals surface area contributed by atoms with E-state index >= 15 is 0 Å². The molecule has 2 aromatic rings. The van der Waals surface area contributed by atoms with Gasteiger partial charge >= 0.3 is 0 Å². The van der Waals surface area contributed by atoms with Crippen LogP contribution in [0, 0.1) is 6.92 Å². The normalized spacial score (nSPS) is 10.4. The molecule has 0 unspecified atom stereocenters. The number of hydrogen-bond acceptors (Lipinski definition) is 4. The number of ether oxygens (including phenoxy) is 2. The summed E-state index contributed by atoms with van der Waals surface area (Å²) in [6.45, 7) is 4.11. The van der Waals surface area contributed by atoms with Crippen LogP contribution < -0.4 is 14.4 Å². The third-order valence-corrected chi connectivity index (χ3v) is 3.36. The molecule has 118 valence electrons. The van der Waals surface area contributed by atoms with E-state index in [1.165, 1.54) is 7.11 Å². The van der Waals surface area contributed by atoms with Gasteiger partial charge in [0.05, 0.1) is 14.2 Å². The molecule has 0 bridgehead atoms. The van der Waals surface area contributed by atoms with Crippen molar-refractivity contribution >= 4 is 0 Å². The van der Waals surface area contributed by atoms with Crippen molar-refractivity contribution in [1.82, 2.24) is 0 Å². The summed E-state index contributed by atoms with van der Waals surface area (Å²) in [5, 5.41) is 0. The monoisotopic (exact) mass is 302 g/mol. The Kier molecular flexibility index (Phi) is 5.67. The fourth-order valence-corrected chi connectivity index (χ4v) is 2.29. The molecule has 2 aromatic carbocycles. The van der Waals surface area contributed by atoms with Crippen molar-refractivity contribution in [2.45, 2.75) is 26.7 Å². The number of aryl methyl sites for hydroxylation is 2. The predicted octanol–water partition coefficient (Wildman–Crippen LogP) is 4.69. The summed E-state index contributed by atoms with van der Waals surface area (Å²) in [5.74, 6) is 2.49. The zero-order chi connectivity index (χ0) is 15.9. The quantitative estimate of drug-likeness (QED) is 0.549. The molecule has 0 fully saturated rings. The Hall–Kier alpha value is -2.20. The van der Waals surface area contributed by atoms with E-state index in [0.29, 0.717) is 17.2 Å². The maximum atomic E-state index is 5.99. The molecule has 4 heteroatoms. The summed E-state index contributed by atoms with van der Waals surface area (Å²) in [5.41, 5.74) is 2.08. The molecule has 0 aliphatic carbocycles. The van der Waals surface area contributed by atoms with Gasteiger partial charge in [0.15, 0.2) is 5.75 Å². The minimum atomic E-state index is 0.538. The lowest BCUT2D eigenvalue weighted by Crippen LogP contribution is -2.01. The van der Waals surface area contributed by atoms with Crippen LogP contribution in [-0.4, -0.2) is 14.2 Å². The van der Waals surface area contributed by atoms with Crippen LogP contribution in [-0.2, 0) is 11.3 Å². The van der Waals surface area contributed by atoms with Crippen molar-refractivity contribution in [2.24, 2.45) is 0 Å². The van der Waals surface area contributed by atoms with Crippen LogP contribution in [0.25, 0.3) is 0 Å². The highest BCUT2D eigenvalue weighted by Gasteiger charge is 2.18. The van der Waals surface area contributed by atoms with Crippen molar-refractivity contribution in [3.8, 4) is 23.0 Å². The van der Waals surface area contributed by atoms with Crippen LogP contribution in [0.3, 0.4) is 0 Å². The fraction of sp³-hybridized carbons (Fsp3) is 0.333. The maximum absolute atomic E-state index is 5.99. The van der Waals surface area contributed by atoms with E-state index in [0.717, 1.165) is 29.7 Å². The van der Waals surface area contributed by atoms with Crippen molar-refractivity contribution < 1.29 is 19.2 Å². The second-order valence-corrected chi connectivity index (χ2v) is 4.95. The first-order valence-corrected chi connectivity index (χ1v) is 7.35. The number of benzene rings is 2. The Morgan fingerprint density at radius 2 is 1.68 bits per heavy atom. The Labute approximate surface area is 131 Å². The molecule has 0 heterocycles. The van der Waals surface area contributed by atoms with Gasteiger partial charge in [-0.2, -0.15) is 4.89 Å². The Bertz CT molecular complexity index is 622. The summed E-state index contributed by atoms with van der Waals surface area (Å²) >= 11 is 0. The maximum Gasteiger partial charge on any atom is 0.214 e. The molecule has 0 saturated heterocycles. The average Bonchev–Trinajstić information content (AvgIpc) is 2.52. The molecule has 0 aliphatic rings. The first kappa shape index (κ1) is 16.2. The summed E-state index contributed by atoms with van der Waals surface area (Å²) < 4.78 is 11.5. The minimum absolute atomic E-state index is 0.538. The van der Waals surface area contributed by atoms with Crippen LogP contribution >= 0.6 is 0 Å². The van der Waals surface area contributed by atoms with E-state index < -0.39 is 0 Å². The van der Waals surface area contributed by atoms with Gasteiger partial charge < -0.3 is 14.4 Å². The largest absolute Gasteiger partial charge is 0.490 e. The predicted molar refractivity (Wildman–Crippen MR) is 85.9 cm³/mol. The number of rotatable bonds is 7. The second-order valence-electron chi connectivity index (χ2n) is 4.95. The summed E-state index contributed by atoms with van der Waals surface area (Å²) in [6.07, 6.45) is 1.88. The molecule has 0 spiro atoms. The highest BCUT2D eigenvalue weighted by Crippen LogP contribution is 2.42. The molecule has 4 nitrogen and oxygen atoms in total. The molecule has 0 aromatic heterocycles. The molecule has 0 amide bonds. The van der Waals surface area contributed by atoms with E-state index in [9.17, 15) is 0 Å². The third-order valence-electron chi connectivity index (χ3n) is 3.36. The highest BCUT2D eigenvalue weighted by molar-refractivity contribution is 5.57. The van der Waals surface area contributed by atoms with E-state index in [1.807, 2.05) is 43.3 Å². The molecule has 22 heavy (non-hydrogen) atoms. The molecule has 0 saturated carbocycles. The van der Waals surface area contributed by atoms with Crippen LogP contribution in [0.2, 0.25) is 0 Å². The molecular weight excluding hydrogens is 280 g/mol. The van der Waals surface area contributed by atoms with E-state index in [2.05, 4.69) is 6.92 Å². The second kappa shape index (κ2) is 7.71. The van der Waals surface area contributed by atoms with Gasteiger partial charge in [0.1, 0.15) is 5.75 Å². The first-order chi connectivity index (χ1) is 10.7. The van der Waals surface area contributed by atoms with Gasteiger partial charge in [-0.25, -0.2) is 0 Å². The van der Waals surface area contributed by atoms with E-state index in [4.69, 9.17) is 19.2 Å². The van der Waals surface area contributed by atoms with Crippen LogP contribution in [0.5, 0.6) is 23.0 Å². The molecule has 0 aliphatic heterocycles. The zero-order valence-electron chi connectivity index (χ0n) is 13.5. The zero-order valence-corrected chi connectivity index (χ0v) is 13.5. The topological polar surface area (TPSA) is 36.9 Å². The van der Waals surface area contributed by atoms with Gasteiger partial charge in [-0.3, -0.25) is 0 Å². The third kappa shape index (κ3) is 3.52. The van der Waals surface area contributed by atoms with Gasteiger partial charge in [0, 0.05) is 5.56 Å². The van der Waals surface area contributed by atoms with Crippen LogP contribution in [0.1, 0.15) is 24.5 Å². The van der Waals surface area contributed by atoms with Gasteiger partial charge in [-0.1, -0.05) is 37.6 Å². The highest BCUT2D eigenvalue weighted by atomic mass is 17.2. The first-order valence-electron chi connectivity index (χ1n) is 7.35. The Morgan fingerprint density at radius 1 is 0.909 bits per heavy atom. The van der Waals surface area contributed by atoms with Gasteiger partial charge in [0.25, 0.3) is 0 Å². The number of hydrogen-bond donors (Lipinski definition) is 0. The molecule has 0 N–H and O–H groups in total. The van der Waals surface area contributed by atoms with Crippen molar-refractivity contribution in [1.29, 1.82) is 0 Å². The molecule has 0 atom stereocenters. The van der Waals surface area contributed by atoms with Crippen LogP contribution in [0.15, 0.2) is 36.4 Å². The van der Waals surface area contributed by atoms with Crippen molar-refractivity contribution in [2.75, 3.05) is 14.2 Å².